The fourth-order valence-electron chi connectivity index (χ4n) is 4.46. The Labute approximate surface area is 125 Å². The zero-order chi connectivity index (χ0) is 14.2. The molecular weight excluding hydrogens is 260 g/mol. The number of fused-ring (bicyclic) bond motifs is 2. The average Bonchev–Trinajstić information content (AvgIpc) is 3.25. The minimum atomic E-state index is 0.197. The van der Waals surface area contributed by atoms with Crippen LogP contribution in [0.4, 0.5) is 0 Å². The van der Waals surface area contributed by atoms with E-state index in [9.17, 15) is 0 Å². The Morgan fingerprint density at radius 2 is 2.00 bits per heavy atom. The molecule has 2 saturated carbocycles. The first-order valence-corrected chi connectivity index (χ1v) is 7.92. The van der Waals surface area contributed by atoms with Crippen LogP contribution in [0.1, 0.15) is 37.4 Å². The summed E-state index contributed by atoms with van der Waals surface area (Å²) in [4.78, 5) is 0. The Kier molecular flexibility index (Phi) is 3.28. The molecule has 0 amide bonds. The minimum absolute atomic E-state index is 0.197. The van der Waals surface area contributed by atoms with Crippen LogP contribution in [0.2, 0.25) is 0 Å². The van der Waals surface area contributed by atoms with E-state index < -0.39 is 0 Å². The van der Waals surface area contributed by atoms with E-state index in [-0.39, 0.29) is 6.04 Å². The van der Waals surface area contributed by atoms with Gasteiger partial charge in [0, 0.05) is 6.20 Å². The van der Waals surface area contributed by atoms with Crippen molar-refractivity contribution in [2.75, 3.05) is 0 Å². The molecule has 1 heterocycles. The lowest BCUT2D eigenvalue weighted by Crippen LogP contribution is -2.37. The number of nitrogens with two attached hydrogens (primary N) is 1. The predicted octanol–water partition coefficient (Wildman–Crippen LogP) is 2.81. The summed E-state index contributed by atoms with van der Waals surface area (Å²) in [5, 5.41) is 4.51. The topological polar surface area (TPSA) is 55.9 Å². The van der Waals surface area contributed by atoms with Crippen molar-refractivity contribution < 1.29 is 0 Å². The number of hydrogen-bond donors (Lipinski definition) is 2. The molecule has 0 radical (unpaired) electrons. The molecule has 21 heavy (non-hydrogen) atoms. The Balaban J connectivity index is 1.68. The van der Waals surface area contributed by atoms with Crippen LogP contribution in [0.25, 0.3) is 5.69 Å². The number of benzene rings is 1. The van der Waals surface area contributed by atoms with Crippen LogP contribution in [0, 0.1) is 17.8 Å². The van der Waals surface area contributed by atoms with Crippen LogP contribution >= 0.6 is 0 Å². The number of hydrazine groups is 1. The van der Waals surface area contributed by atoms with E-state index in [1.807, 2.05) is 29.1 Å². The maximum atomic E-state index is 5.93. The quantitative estimate of drug-likeness (QED) is 0.669. The molecule has 3 N–H and O–H groups in total. The van der Waals surface area contributed by atoms with Gasteiger partial charge in [-0.2, -0.15) is 5.10 Å². The third-order valence-corrected chi connectivity index (χ3v) is 5.39. The van der Waals surface area contributed by atoms with E-state index in [2.05, 4.69) is 28.7 Å². The molecule has 4 heteroatoms. The zero-order valence-corrected chi connectivity index (χ0v) is 12.2. The largest absolute Gasteiger partial charge is 0.271 e. The van der Waals surface area contributed by atoms with Crippen LogP contribution in [-0.4, -0.2) is 9.78 Å². The number of aromatic nitrogens is 2. The van der Waals surface area contributed by atoms with E-state index in [0.717, 1.165) is 17.5 Å². The summed E-state index contributed by atoms with van der Waals surface area (Å²) in [6.07, 6.45) is 7.35. The lowest BCUT2D eigenvalue weighted by molar-refractivity contribution is 0.246. The molecule has 0 spiro atoms. The highest BCUT2D eigenvalue weighted by molar-refractivity contribution is 5.33. The first-order chi connectivity index (χ1) is 10.4. The second-order valence-corrected chi connectivity index (χ2v) is 6.49. The van der Waals surface area contributed by atoms with E-state index in [1.165, 1.54) is 31.4 Å². The smallest absolute Gasteiger partial charge is 0.0664 e. The van der Waals surface area contributed by atoms with Gasteiger partial charge in [-0.25, -0.2) is 4.68 Å². The predicted molar refractivity (Wildman–Crippen MR) is 82.6 cm³/mol. The molecule has 0 aliphatic heterocycles. The van der Waals surface area contributed by atoms with E-state index >= 15 is 0 Å². The Hall–Kier alpha value is -1.65. The average molecular weight is 282 g/mol. The maximum Gasteiger partial charge on any atom is 0.0664 e. The monoisotopic (exact) mass is 282 g/mol. The van der Waals surface area contributed by atoms with Gasteiger partial charge in [0.15, 0.2) is 0 Å². The number of hydrogen-bond acceptors (Lipinski definition) is 3. The minimum Gasteiger partial charge on any atom is -0.271 e. The lowest BCUT2D eigenvalue weighted by atomic mass is 9.82. The highest BCUT2D eigenvalue weighted by Crippen LogP contribution is 2.52. The molecule has 4 rings (SSSR count). The van der Waals surface area contributed by atoms with Crippen LogP contribution in [-0.2, 0) is 0 Å². The molecule has 2 aliphatic carbocycles. The van der Waals surface area contributed by atoms with Crippen molar-refractivity contribution in [2.45, 2.75) is 31.7 Å². The SMILES string of the molecule is NNC(c1ccnn1-c1ccccc1)C1CC2CCC1C2. The van der Waals surface area contributed by atoms with Gasteiger partial charge in [-0.3, -0.25) is 11.3 Å². The van der Waals surface area contributed by atoms with E-state index in [1.54, 1.807) is 0 Å². The van der Waals surface area contributed by atoms with Crippen molar-refractivity contribution in [1.82, 2.24) is 15.2 Å². The highest BCUT2D eigenvalue weighted by Gasteiger charge is 2.44. The van der Waals surface area contributed by atoms with Gasteiger partial charge in [0.05, 0.1) is 17.4 Å². The third kappa shape index (κ3) is 2.19. The van der Waals surface area contributed by atoms with Gasteiger partial charge in [0.2, 0.25) is 0 Å². The van der Waals surface area contributed by atoms with Gasteiger partial charge in [-0.15, -0.1) is 0 Å². The Bertz CT molecular complexity index is 606. The number of nitrogens with zero attached hydrogens (tertiary/aromatic N) is 2. The standard InChI is InChI=1S/C17H22N4/c18-20-17(15-11-12-6-7-13(15)10-12)16-8-9-19-21(16)14-4-2-1-3-5-14/h1-5,8-9,12-13,15,17,20H,6-7,10-11,18H2. The van der Waals surface area contributed by atoms with Crippen molar-refractivity contribution in [3.05, 3.63) is 48.3 Å². The zero-order valence-electron chi connectivity index (χ0n) is 12.2. The van der Waals surface area contributed by atoms with Gasteiger partial charge < -0.3 is 0 Å². The Morgan fingerprint density at radius 3 is 2.67 bits per heavy atom. The second kappa shape index (κ2) is 5.28. The van der Waals surface area contributed by atoms with Crippen molar-refractivity contribution in [2.24, 2.45) is 23.6 Å². The molecule has 4 nitrogen and oxygen atoms in total. The fraction of sp³-hybridized carbons (Fsp3) is 0.471. The summed E-state index contributed by atoms with van der Waals surface area (Å²) in [7, 11) is 0. The van der Waals surface area contributed by atoms with E-state index in [4.69, 9.17) is 5.84 Å². The number of para-hydroxylation sites is 1. The summed E-state index contributed by atoms with van der Waals surface area (Å²) >= 11 is 0. The normalized spacial score (nSPS) is 28.9. The fourth-order valence-corrected chi connectivity index (χ4v) is 4.46. The van der Waals surface area contributed by atoms with Gasteiger partial charge in [0.1, 0.15) is 0 Å². The number of nitrogens with one attached hydrogen (secondary N) is 1. The molecule has 2 aromatic rings. The summed E-state index contributed by atoms with van der Waals surface area (Å²) in [6.45, 7) is 0. The van der Waals surface area contributed by atoms with Gasteiger partial charge in [-0.05, 0) is 55.2 Å². The molecule has 1 aromatic heterocycles. The molecule has 4 atom stereocenters. The molecule has 110 valence electrons. The summed E-state index contributed by atoms with van der Waals surface area (Å²) in [6, 6.07) is 12.6. The van der Waals surface area contributed by atoms with Crippen LogP contribution in [0.15, 0.2) is 42.6 Å². The maximum absolute atomic E-state index is 5.93. The van der Waals surface area contributed by atoms with E-state index in [0.29, 0.717) is 5.92 Å². The Morgan fingerprint density at radius 1 is 1.14 bits per heavy atom. The van der Waals surface area contributed by atoms with Gasteiger partial charge in [-0.1, -0.05) is 24.6 Å². The van der Waals surface area contributed by atoms with Crippen LogP contribution in [0.5, 0.6) is 0 Å². The molecule has 2 bridgehead atoms. The van der Waals surface area contributed by atoms with Crippen molar-refractivity contribution in [1.29, 1.82) is 0 Å². The molecule has 2 aliphatic rings. The summed E-state index contributed by atoms with van der Waals surface area (Å²) < 4.78 is 2.02. The first-order valence-electron chi connectivity index (χ1n) is 7.92. The van der Waals surface area contributed by atoms with Crippen molar-refractivity contribution >= 4 is 0 Å². The van der Waals surface area contributed by atoms with Crippen molar-refractivity contribution in [3.8, 4) is 5.69 Å². The molecule has 1 aromatic carbocycles. The van der Waals surface area contributed by atoms with Crippen LogP contribution in [0.3, 0.4) is 0 Å². The van der Waals surface area contributed by atoms with Crippen LogP contribution < -0.4 is 11.3 Å². The number of rotatable bonds is 4. The molecule has 0 saturated heterocycles. The van der Waals surface area contributed by atoms with Crippen molar-refractivity contribution in [3.63, 3.8) is 0 Å². The lowest BCUT2D eigenvalue weighted by Gasteiger charge is -2.30. The molecule has 4 unspecified atom stereocenters. The first kappa shape index (κ1) is 13.0. The van der Waals surface area contributed by atoms with Gasteiger partial charge >= 0.3 is 0 Å². The molecular formula is C17H22N4. The summed E-state index contributed by atoms with van der Waals surface area (Å²) in [5.41, 5.74) is 5.36. The van der Waals surface area contributed by atoms with Gasteiger partial charge in [0.25, 0.3) is 0 Å². The second-order valence-electron chi connectivity index (χ2n) is 6.49. The third-order valence-electron chi connectivity index (χ3n) is 5.39. The summed E-state index contributed by atoms with van der Waals surface area (Å²) in [5.74, 6) is 8.33. The highest BCUT2D eigenvalue weighted by atomic mass is 15.3. The molecule has 2 fully saturated rings.